The molecule has 0 spiro atoms. The number of piperazine rings is 1. The number of nitrogens with one attached hydrogen (secondary N) is 2. The molecule has 2 aliphatic rings. The van der Waals surface area contributed by atoms with Crippen LogP contribution in [0.25, 0.3) is 11.0 Å². The molecule has 0 atom stereocenters. The lowest BCUT2D eigenvalue weighted by molar-refractivity contribution is -0.139. The highest BCUT2D eigenvalue weighted by Gasteiger charge is 2.44. The summed E-state index contributed by atoms with van der Waals surface area (Å²) in [5.74, 6) is 1.21. The van der Waals surface area contributed by atoms with Gasteiger partial charge in [-0.1, -0.05) is 28.1 Å². The maximum Gasteiger partial charge on any atom is 0.233 e. The van der Waals surface area contributed by atoms with Gasteiger partial charge >= 0.3 is 0 Å². The summed E-state index contributed by atoms with van der Waals surface area (Å²) in [6.07, 6.45) is 5.16. The number of anilines is 1. The smallest absolute Gasteiger partial charge is 0.233 e. The summed E-state index contributed by atoms with van der Waals surface area (Å²) >= 11 is 3.52. The van der Waals surface area contributed by atoms with E-state index in [1.807, 2.05) is 24.4 Å². The van der Waals surface area contributed by atoms with E-state index < -0.39 is 5.41 Å². The highest BCUT2D eigenvalue weighted by atomic mass is 79.9. The normalized spacial score (nSPS) is 19.2. The van der Waals surface area contributed by atoms with E-state index in [9.17, 15) is 4.79 Å². The van der Waals surface area contributed by atoms with Gasteiger partial charge in [-0.3, -0.25) is 4.79 Å². The predicted octanol–water partition coefficient (Wildman–Crippen LogP) is 2.69. The van der Waals surface area contributed by atoms with Gasteiger partial charge in [-0.15, -0.1) is 0 Å². The van der Waals surface area contributed by atoms with Crippen LogP contribution in [0.4, 0.5) is 5.82 Å². The van der Waals surface area contributed by atoms with Crippen LogP contribution in [-0.4, -0.2) is 65.0 Å². The number of aromatic amines is 1. The molecule has 2 saturated heterocycles. The number of nitrogens with zero attached hydrogens (tertiary/aromatic N) is 4. The van der Waals surface area contributed by atoms with Gasteiger partial charge in [-0.05, 0) is 49.7 Å². The monoisotopic (exact) mass is 468 g/mol. The largest absolute Gasteiger partial charge is 0.352 e. The van der Waals surface area contributed by atoms with Crippen molar-refractivity contribution in [3.8, 4) is 0 Å². The molecular weight excluding hydrogens is 444 g/mol. The summed E-state index contributed by atoms with van der Waals surface area (Å²) < 4.78 is 1.04. The van der Waals surface area contributed by atoms with Crippen LogP contribution in [0, 0.1) is 0 Å². The molecule has 0 unspecified atom stereocenters. The van der Waals surface area contributed by atoms with Crippen molar-refractivity contribution in [1.82, 2.24) is 25.2 Å². The topological polar surface area (TPSA) is 77.2 Å². The van der Waals surface area contributed by atoms with Crippen molar-refractivity contribution in [2.45, 2.75) is 18.3 Å². The molecule has 8 heteroatoms. The molecule has 0 radical (unpaired) electrons. The van der Waals surface area contributed by atoms with Crippen LogP contribution in [0.1, 0.15) is 18.4 Å². The third-order valence-corrected chi connectivity index (χ3v) is 6.99. The first-order valence-corrected chi connectivity index (χ1v) is 11.3. The molecule has 5 rings (SSSR count). The third-order valence-electron chi connectivity index (χ3n) is 6.46. The highest BCUT2D eigenvalue weighted by molar-refractivity contribution is 9.10. The van der Waals surface area contributed by atoms with Crippen molar-refractivity contribution >= 4 is 38.7 Å². The Bertz CT molecular complexity index is 1040. The van der Waals surface area contributed by atoms with Gasteiger partial charge in [0.15, 0.2) is 0 Å². The Balaban J connectivity index is 1.36. The quantitative estimate of drug-likeness (QED) is 0.617. The number of hydrogen-bond acceptors (Lipinski definition) is 5. The molecule has 7 nitrogen and oxygen atoms in total. The van der Waals surface area contributed by atoms with E-state index in [1.165, 1.54) is 0 Å². The minimum Gasteiger partial charge on any atom is -0.352 e. The SMILES string of the molecule is O=C(N1CCN(c2ncnc3[nH]ccc23)CC1)C1(c2ccc(Br)cc2)CCNCC1. The predicted molar refractivity (Wildman–Crippen MR) is 121 cm³/mol. The first kappa shape index (κ1) is 19.5. The van der Waals surface area contributed by atoms with Crippen molar-refractivity contribution in [2.24, 2.45) is 0 Å². The van der Waals surface area contributed by atoms with Crippen LogP contribution in [0.2, 0.25) is 0 Å². The second kappa shape index (κ2) is 8.00. The Hall–Kier alpha value is -2.45. The number of rotatable bonds is 3. The van der Waals surface area contributed by atoms with E-state index >= 15 is 0 Å². The van der Waals surface area contributed by atoms with Crippen LogP contribution in [0.5, 0.6) is 0 Å². The molecule has 0 aliphatic carbocycles. The van der Waals surface area contributed by atoms with E-state index in [-0.39, 0.29) is 5.91 Å². The van der Waals surface area contributed by atoms with E-state index in [1.54, 1.807) is 6.33 Å². The minimum absolute atomic E-state index is 0.264. The lowest BCUT2D eigenvalue weighted by atomic mass is 9.72. The Morgan fingerprint density at radius 3 is 2.47 bits per heavy atom. The van der Waals surface area contributed by atoms with Gasteiger partial charge in [0.25, 0.3) is 0 Å². The van der Waals surface area contributed by atoms with Gasteiger partial charge in [-0.2, -0.15) is 0 Å². The zero-order valence-corrected chi connectivity index (χ0v) is 18.4. The van der Waals surface area contributed by atoms with Gasteiger partial charge < -0.3 is 20.1 Å². The molecule has 1 aromatic carbocycles. The number of H-pyrrole nitrogens is 1. The molecular formula is C22H25BrN6O. The molecule has 2 aliphatic heterocycles. The number of hydrogen-bond donors (Lipinski definition) is 2. The lowest BCUT2D eigenvalue weighted by Crippen LogP contribution is -2.57. The Morgan fingerprint density at radius 2 is 1.73 bits per heavy atom. The highest BCUT2D eigenvalue weighted by Crippen LogP contribution is 2.37. The molecule has 2 N–H and O–H groups in total. The Labute approximate surface area is 184 Å². The number of carbonyl (C=O) groups excluding carboxylic acids is 1. The number of carbonyl (C=O) groups is 1. The second-order valence-corrected chi connectivity index (χ2v) is 8.97. The zero-order chi connectivity index (χ0) is 20.6. The molecule has 30 heavy (non-hydrogen) atoms. The molecule has 2 aromatic heterocycles. The molecule has 1 amide bonds. The summed E-state index contributed by atoms with van der Waals surface area (Å²) in [5.41, 5.74) is 1.54. The van der Waals surface area contributed by atoms with Crippen molar-refractivity contribution in [1.29, 1.82) is 0 Å². The zero-order valence-electron chi connectivity index (χ0n) is 16.8. The molecule has 4 heterocycles. The van der Waals surface area contributed by atoms with Crippen LogP contribution in [-0.2, 0) is 10.2 Å². The Morgan fingerprint density at radius 1 is 1.00 bits per heavy atom. The summed E-state index contributed by atoms with van der Waals surface area (Å²) in [6.45, 7) is 4.71. The maximum absolute atomic E-state index is 13.8. The number of fused-ring (bicyclic) bond motifs is 1. The maximum atomic E-state index is 13.8. The summed E-state index contributed by atoms with van der Waals surface area (Å²) in [6, 6.07) is 10.3. The first-order valence-electron chi connectivity index (χ1n) is 10.5. The standard InChI is InChI=1S/C22H25BrN6O/c23-17-3-1-16(2-4-17)22(6-9-24-10-7-22)21(30)29-13-11-28(12-14-29)20-18-5-8-25-19(18)26-15-27-20/h1-5,8,15,24H,6-7,9-14H2,(H,25,26,27). The van der Waals surface area contributed by atoms with Crippen LogP contribution in [0.3, 0.4) is 0 Å². The van der Waals surface area contributed by atoms with Gasteiger partial charge in [0, 0.05) is 36.8 Å². The summed E-state index contributed by atoms with van der Waals surface area (Å²) in [5, 5.41) is 4.45. The van der Waals surface area contributed by atoms with Gasteiger partial charge in [-0.25, -0.2) is 9.97 Å². The van der Waals surface area contributed by atoms with Crippen molar-refractivity contribution in [3.05, 3.63) is 52.9 Å². The second-order valence-electron chi connectivity index (χ2n) is 8.06. The summed E-state index contributed by atoms with van der Waals surface area (Å²) in [7, 11) is 0. The summed E-state index contributed by atoms with van der Waals surface area (Å²) in [4.78, 5) is 30.1. The van der Waals surface area contributed by atoms with Gasteiger partial charge in [0.05, 0.1) is 10.8 Å². The molecule has 156 valence electrons. The third kappa shape index (κ3) is 3.37. The molecule has 3 aromatic rings. The van der Waals surface area contributed by atoms with E-state index in [4.69, 9.17) is 0 Å². The average Bonchev–Trinajstić information content (AvgIpc) is 3.29. The van der Waals surface area contributed by atoms with Gasteiger partial charge in [0.1, 0.15) is 17.8 Å². The number of benzene rings is 1. The van der Waals surface area contributed by atoms with Crippen molar-refractivity contribution < 1.29 is 4.79 Å². The fraction of sp³-hybridized carbons (Fsp3) is 0.409. The minimum atomic E-state index is -0.434. The molecule has 2 fully saturated rings. The Kier molecular flexibility index (Phi) is 5.20. The van der Waals surface area contributed by atoms with Crippen molar-refractivity contribution in [3.63, 3.8) is 0 Å². The van der Waals surface area contributed by atoms with Crippen molar-refractivity contribution in [2.75, 3.05) is 44.2 Å². The van der Waals surface area contributed by atoms with E-state index in [0.717, 1.165) is 65.9 Å². The number of piperidine rings is 1. The van der Waals surface area contributed by atoms with Crippen LogP contribution < -0.4 is 10.2 Å². The van der Waals surface area contributed by atoms with Gasteiger partial charge in [0.2, 0.25) is 5.91 Å². The molecule has 0 bridgehead atoms. The van der Waals surface area contributed by atoms with E-state index in [0.29, 0.717) is 13.1 Å². The fourth-order valence-electron chi connectivity index (χ4n) is 4.78. The lowest BCUT2D eigenvalue weighted by Gasteiger charge is -2.43. The number of amides is 1. The van der Waals surface area contributed by atoms with Crippen LogP contribution >= 0.6 is 15.9 Å². The van der Waals surface area contributed by atoms with Crippen LogP contribution in [0.15, 0.2) is 47.3 Å². The fourth-order valence-corrected chi connectivity index (χ4v) is 5.05. The first-order chi connectivity index (χ1) is 14.7. The van der Waals surface area contributed by atoms with E-state index in [2.05, 4.69) is 58.1 Å². The molecule has 0 saturated carbocycles. The number of halogens is 1. The average molecular weight is 469 g/mol. The number of aromatic nitrogens is 3.